The van der Waals surface area contributed by atoms with Crippen molar-refractivity contribution in [3.63, 3.8) is 0 Å². The van der Waals surface area contributed by atoms with Crippen LogP contribution in [0.4, 0.5) is 22.0 Å². The van der Waals surface area contributed by atoms with Gasteiger partial charge in [-0.1, -0.05) is 134 Å². The first-order valence-electron chi connectivity index (χ1n) is 43.2. The second-order valence-corrected chi connectivity index (χ2v) is 33.6. The SMILES string of the molecule is C#C[C@]1(F)[C@H](n2cnc3c(OCC)nc(C)nc32)O[C@](F)(CO[P@@](=O)(NC(C)C(=O)OC2CCCCC2)Oc2ccccc2)[C@H]1O.C=C1N=C(N)C=CN1[C@@H]1O[C@@](COC(=O)C(C)C)(N=[N+]=[N-])[C@@H](OC(=O)C(C)C)[C@H]1F.C=C1N=C(N)C=CN1[C@@H]1O[C@@](COC(=O)CC)(N=[N+]=[N-])[C@@H](OC(=O)CC)[C@H]1F.C=C1N=C(N)C=CN1[C@@H]1O[C@@](COC(=O)CCCC)(N=[N+]=[N-])[C@@H](OC(=O)CCCC)[C@H]1F. The van der Waals surface area contributed by atoms with Crippen LogP contribution in [0, 0.1) is 31.1 Å². The van der Waals surface area contributed by atoms with E-state index in [9.17, 15) is 43.2 Å². The lowest BCUT2D eigenvalue weighted by Gasteiger charge is -2.31. The Labute approximate surface area is 778 Å². The average Bonchev–Trinajstić information content (AvgIpc) is 1.56. The van der Waals surface area contributed by atoms with Gasteiger partial charge in [0.05, 0.1) is 24.8 Å². The molecule has 3 aromatic rings. The molecule has 1 saturated carbocycles. The van der Waals surface area contributed by atoms with E-state index in [-0.39, 0.29) is 102 Å². The van der Waals surface area contributed by atoms with E-state index in [1.165, 1.54) is 77.5 Å². The quantitative estimate of drug-likeness (QED) is 0.00523. The lowest BCUT2D eigenvalue weighted by Crippen LogP contribution is -2.48. The zero-order valence-electron chi connectivity index (χ0n) is 76.5. The van der Waals surface area contributed by atoms with Crippen molar-refractivity contribution in [1.82, 2.24) is 39.3 Å². The van der Waals surface area contributed by atoms with Gasteiger partial charge in [-0.05, 0) is 106 Å². The van der Waals surface area contributed by atoms with Gasteiger partial charge < -0.3 is 98.4 Å². The molecule has 11 rings (SSSR count). The van der Waals surface area contributed by atoms with E-state index in [1.54, 1.807) is 72.6 Å². The largest absolute Gasteiger partial charge is 0.476 e. The van der Waals surface area contributed by atoms with Crippen molar-refractivity contribution in [3.8, 4) is 24.0 Å². The average molecular weight is 1940 g/mol. The van der Waals surface area contributed by atoms with Crippen LogP contribution >= 0.6 is 7.75 Å². The first-order chi connectivity index (χ1) is 64.5. The summed E-state index contributed by atoms with van der Waals surface area (Å²) in [5.41, 5.74) is 34.6. The fraction of sp³-hybridized carbons (Fsp3) is 0.583. The number of hydrogen-bond acceptors (Lipinski definition) is 38. The van der Waals surface area contributed by atoms with Crippen LogP contribution in [-0.2, 0) is 94.8 Å². The highest BCUT2D eigenvalue weighted by atomic mass is 31.2. The molecule has 1 aliphatic carbocycles. The fourth-order valence-corrected chi connectivity index (χ4v) is 15.4. The number of aliphatic hydroxyl groups excluding tert-OH is 1. The summed E-state index contributed by atoms with van der Waals surface area (Å²) in [6.07, 6.45) is 1.91. The number of nitrogens with zero attached hydrogens (tertiary/aromatic N) is 19. The minimum Gasteiger partial charge on any atom is -0.476 e. The number of ether oxygens (including phenoxy) is 12. The number of alkyl halides is 5. The number of aryl methyl sites for hydroxylation is 1. The molecule has 0 amide bonds. The maximum atomic E-state index is 16.5. The van der Waals surface area contributed by atoms with Crippen LogP contribution in [-0.4, -0.2) is 234 Å². The first-order valence-corrected chi connectivity index (χ1v) is 44.8. The molecule has 0 spiro atoms. The number of rotatable bonds is 37. The van der Waals surface area contributed by atoms with Gasteiger partial charge in [-0.3, -0.25) is 42.7 Å². The number of hydrogen-bond donors (Lipinski definition) is 5. The molecular weight excluding hydrogens is 1830 g/mol. The summed E-state index contributed by atoms with van der Waals surface area (Å²) in [5.74, 6) is -6.32. The molecular formula is C84H111F5N23O23P. The van der Waals surface area contributed by atoms with Gasteiger partial charge in [0.2, 0.25) is 28.7 Å². The predicted octanol–water partition coefficient (Wildman–Crippen LogP) is 11.4. The van der Waals surface area contributed by atoms with Crippen LogP contribution in [0.5, 0.6) is 11.6 Å². The number of esters is 7. The van der Waals surface area contributed by atoms with Crippen LogP contribution in [0.3, 0.4) is 0 Å². The molecule has 46 nitrogen and oxygen atoms in total. The van der Waals surface area contributed by atoms with Gasteiger partial charge >= 0.3 is 49.5 Å². The van der Waals surface area contributed by atoms with Gasteiger partial charge in [0.15, 0.2) is 79.0 Å². The third kappa shape index (κ3) is 26.6. The topological polar surface area (TPSA) is 613 Å². The van der Waals surface area contributed by atoms with Gasteiger partial charge in [0.1, 0.15) is 85.1 Å². The van der Waals surface area contributed by atoms with Crippen LogP contribution in [0.25, 0.3) is 42.5 Å². The highest BCUT2D eigenvalue weighted by Crippen LogP contribution is 2.53. The molecule has 2 aromatic heterocycles. The second-order valence-electron chi connectivity index (χ2n) is 31.9. The lowest BCUT2D eigenvalue weighted by molar-refractivity contribution is -0.202. The number of nitrogens with one attached hydrogen (secondary N) is 1. The third-order valence-electron chi connectivity index (χ3n) is 21.1. The summed E-state index contributed by atoms with van der Waals surface area (Å²) < 4.78 is 170. The number of unbranched alkanes of at least 4 members (excludes halogenated alkanes) is 2. The van der Waals surface area contributed by atoms with Gasteiger partial charge in [-0.2, -0.15) is 10.1 Å². The molecule has 740 valence electrons. The summed E-state index contributed by atoms with van der Waals surface area (Å²) in [7, 11) is -4.63. The predicted molar refractivity (Wildman–Crippen MR) is 472 cm³/mol. The molecule has 8 aliphatic rings. The van der Waals surface area contributed by atoms with E-state index in [1.807, 2.05) is 13.8 Å². The Balaban J connectivity index is 0.000000228. The standard InChI is InChI=1S/C30H36F2N5O8P.C20H29FN6O5.C18H25FN6O5.C16H21FN6O5/c1-5-29(31)27(39)30(32,44-28(29)37-18-33-23-24(37)34-20(4)35-25(23)41-6-2)17-42-46(40,45-22-15-11-8-12-16-22)36-19(3)26(38)43-21-13-9-7-10-14-21;1-4-6-8-15(28)30-12-20(25-26-23)18(31-16(29)9-7-5-2)17(21)19(32-20)27-11-10-14(22)24-13(27)3;1-9(2)16(26)28-8-18(23-24-21)14(29-17(27)10(3)4)13(19)15(30-18)25-7-6-12(20)22-11(25)5;1-4-11(24)26-8-16(21-22-19)14(27-12(25)5-2)13(17)15(28-16)23-7-6-10(18)20-9(23)3/h1,8,11-12,15-16,18-19,21,27-28,39H,6-7,9-10,13-14,17H2,2-4H3,(H,36,40);10-11,17-19H,3-9,12H2,1-2H3,(H2,22,24);6-7,9-10,13-15H,5,8H2,1-4H3,(H2,20,22);6-7,13-15H,3-5,8H2,1-2H3,(H2,18,20)/t19?,27-,28+,29+,30+,46-;17-,18+,19-,20-;13-,14+,15-,18-;13-,14+,15-,16-/m0111/s1. The molecule has 52 heteroatoms. The lowest BCUT2D eigenvalue weighted by atomic mass is 9.96. The Morgan fingerprint density at radius 2 is 1.09 bits per heavy atom. The summed E-state index contributed by atoms with van der Waals surface area (Å²) >= 11 is 0. The third-order valence-corrected chi connectivity index (χ3v) is 22.7. The van der Waals surface area contributed by atoms with E-state index in [0.717, 1.165) is 43.0 Å². The highest BCUT2D eigenvalue weighted by molar-refractivity contribution is 7.52. The number of aliphatic hydroxyl groups is 1. The Morgan fingerprint density at radius 3 is 1.53 bits per heavy atom. The summed E-state index contributed by atoms with van der Waals surface area (Å²) in [5, 5.41) is 24.0. The zero-order valence-corrected chi connectivity index (χ0v) is 77.4. The molecule has 9 heterocycles. The minimum absolute atomic E-state index is 0.000598. The van der Waals surface area contributed by atoms with E-state index in [0.29, 0.717) is 25.7 Å². The van der Waals surface area contributed by atoms with Gasteiger partial charge in [-0.25, -0.2) is 51.5 Å². The van der Waals surface area contributed by atoms with Crippen molar-refractivity contribution in [2.24, 2.45) is 59.4 Å². The number of aromatic nitrogens is 4. The van der Waals surface area contributed by atoms with E-state index < -0.39 is 190 Å². The molecule has 0 radical (unpaired) electrons. The number of para-hydroxylation sites is 1. The number of fused-ring (bicyclic) bond motifs is 1. The van der Waals surface area contributed by atoms with Crippen molar-refractivity contribution in [2.75, 3.05) is 33.0 Å². The maximum absolute atomic E-state index is 16.5. The number of aliphatic imine (C=N–C) groups is 3. The maximum Gasteiger partial charge on any atom is 0.459 e. The molecule has 5 fully saturated rings. The number of halogens is 5. The van der Waals surface area contributed by atoms with Crippen LogP contribution in [0.15, 0.2) is 141 Å². The molecule has 7 aliphatic heterocycles. The normalized spacial score (nSPS) is 27.8. The minimum atomic E-state index is -4.63. The fourth-order valence-electron chi connectivity index (χ4n) is 13.9. The summed E-state index contributed by atoms with van der Waals surface area (Å²) in [6.45, 7) is 25.9. The number of amidine groups is 3. The smallest absolute Gasteiger partial charge is 0.459 e. The van der Waals surface area contributed by atoms with Gasteiger partial charge in [0, 0.05) is 59.0 Å². The van der Waals surface area contributed by atoms with Crippen LogP contribution in [0.1, 0.15) is 165 Å². The van der Waals surface area contributed by atoms with Crippen molar-refractivity contribution in [1.29, 1.82) is 0 Å². The van der Waals surface area contributed by atoms with Gasteiger partial charge in [0.25, 0.3) is 5.85 Å². The number of azide groups is 3. The van der Waals surface area contributed by atoms with Crippen LogP contribution < -0.4 is 31.5 Å². The monoisotopic (exact) mass is 1940 g/mol. The Morgan fingerprint density at radius 1 is 0.632 bits per heavy atom. The van der Waals surface area contributed by atoms with E-state index >= 15 is 22.0 Å². The molecule has 0 bridgehead atoms. The number of nitrogens with two attached hydrogens (primary N) is 3. The number of benzene rings is 1. The van der Waals surface area contributed by atoms with Crippen LogP contribution in [0.2, 0.25) is 0 Å². The van der Waals surface area contributed by atoms with Crippen molar-refractivity contribution < 1.29 is 131 Å². The zero-order chi connectivity index (χ0) is 100. The van der Waals surface area contributed by atoms with Gasteiger partial charge in [-0.15, -0.1) is 6.42 Å². The summed E-state index contributed by atoms with van der Waals surface area (Å²) in [6, 6.07) is 6.56. The number of imidazole rings is 1. The molecule has 136 heavy (non-hydrogen) atoms. The summed E-state index contributed by atoms with van der Waals surface area (Å²) in [4.78, 5) is 121. The Hall–Kier alpha value is -13.0. The van der Waals surface area contributed by atoms with Crippen molar-refractivity contribution in [3.05, 3.63) is 148 Å². The number of carbonyl (C=O) groups is 7. The Bertz CT molecular complexity index is 5280. The second kappa shape index (κ2) is 48.5. The van der Waals surface area contributed by atoms with E-state index in [4.69, 9.17) is 106 Å². The molecule has 1 aromatic carbocycles. The Kier molecular flexibility index (Phi) is 38.6. The highest BCUT2D eigenvalue weighted by Gasteiger charge is 2.68. The van der Waals surface area contributed by atoms with Crippen molar-refractivity contribution >= 4 is 78.2 Å². The molecule has 8 N–H and O–H groups in total. The number of terminal acetylenes is 1. The van der Waals surface area contributed by atoms with E-state index in [2.05, 4.69) is 84.8 Å². The first kappa shape index (κ1) is 108. The molecule has 4 saturated heterocycles. The molecule has 18 atom stereocenters. The number of carbonyl (C=O) groups excluding carboxylic acids is 7. The molecule has 1 unspecified atom stereocenters. The van der Waals surface area contributed by atoms with Crippen molar-refractivity contribution in [2.45, 2.75) is 268 Å².